The summed E-state index contributed by atoms with van der Waals surface area (Å²) in [6.07, 6.45) is 2.75. The predicted octanol–water partition coefficient (Wildman–Crippen LogP) is 1.05. The van der Waals surface area contributed by atoms with Gasteiger partial charge in [-0.25, -0.2) is 0 Å². The summed E-state index contributed by atoms with van der Waals surface area (Å²) in [6.45, 7) is 3.09. The first kappa shape index (κ1) is 12.5. The van der Waals surface area contributed by atoms with Crippen LogP contribution in [0.3, 0.4) is 0 Å². The van der Waals surface area contributed by atoms with Crippen LogP contribution in [-0.2, 0) is 14.3 Å². The second kappa shape index (κ2) is 6.08. The molecule has 1 aliphatic rings. The Morgan fingerprint density at radius 1 is 1.60 bits per heavy atom. The average Bonchev–Trinajstić information content (AvgIpc) is 2.66. The molecule has 0 aromatic heterocycles. The van der Waals surface area contributed by atoms with Crippen molar-refractivity contribution >= 4 is 5.97 Å². The molecule has 0 saturated carbocycles. The lowest BCUT2D eigenvalue weighted by Gasteiger charge is -2.28. The van der Waals surface area contributed by atoms with Crippen LogP contribution in [0.2, 0.25) is 0 Å². The Morgan fingerprint density at radius 3 is 2.80 bits per heavy atom. The van der Waals surface area contributed by atoms with Crippen molar-refractivity contribution in [3.63, 3.8) is 0 Å². The first-order chi connectivity index (χ1) is 7.15. The van der Waals surface area contributed by atoms with Crippen molar-refractivity contribution in [3.05, 3.63) is 0 Å². The largest absolute Gasteiger partial charge is 0.466 e. The molecule has 1 saturated heterocycles. The number of likely N-dealkylation sites (N-methyl/N-ethyl adjacent to an activating group) is 1. The molecule has 1 fully saturated rings. The van der Waals surface area contributed by atoms with Gasteiger partial charge >= 0.3 is 5.97 Å². The van der Waals surface area contributed by atoms with Crippen LogP contribution in [0, 0.1) is 0 Å². The minimum atomic E-state index is -0.133. The Hall–Kier alpha value is -0.610. The quantitative estimate of drug-likeness (QED) is 0.643. The molecule has 2 unspecified atom stereocenters. The second-order valence-corrected chi connectivity index (χ2v) is 4.09. The highest BCUT2D eigenvalue weighted by molar-refractivity contribution is 5.70. The minimum Gasteiger partial charge on any atom is -0.466 e. The molecule has 4 nitrogen and oxygen atoms in total. The van der Waals surface area contributed by atoms with Gasteiger partial charge in [0.25, 0.3) is 0 Å². The van der Waals surface area contributed by atoms with E-state index >= 15 is 0 Å². The molecule has 4 heteroatoms. The van der Waals surface area contributed by atoms with E-state index in [0.717, 1.165) is 19.4 Å². The van der Waals surface area contributed by atoms with Gasteiger partial charge in [0.15, 0.2) is 0 Å². The third-order valence-electron chi connectivity index (χ3n) is 2.74. The molecule has 0 amide bonds. The van der Waals surface area contributed by atoms with E-state index in [1.807, 2.05) is 25.9 Å². The zero-order valence-corrected chi connectivity index (χ0v) is 9.86. The number of hydrogen-bond donors (Lipinski definition) is 0. The van der Waals surface area contributed by atoms with Crippen LogP contribution in [0.1, 0.15) is 26.2 Å². The highest BCUT2D eigenvalue weighted by Crippen LogP contribution is 2.20. The molecule has 1 rings (SSSR count). The lowest BCUT2D eigenvalue weighted by molar-refractivity contribution is -0.145. The molecule has 0 spiro atoms. The number of ether oxygens (including phenoxy) is 2. The Balaban J connectivity index is 2.46. The molecular formula is C11H21NO3. The maximum Gasteiger partial charge on any atom is 0.307 e. The summed E-state index contributed by atoms with van der Waals surface area (Å²) < 4.78 is 10.6. The summed E-state index contributed by atoms with van der Waals surface area (Å²) >= 11 is 0. The van der Waals surface area contributed by atoms with Crippen molar-refractivity contribution in [3.8, 4) is 0 Å². The lowest BCUT2D eigenvalue weighted by Crippen LogP contribution is -2.40. The van der Waals surface area contributed by atoms with Crippen LogP contribution < -0.4 is 0 Å². The molecule has 0 aromatic rings. The van der Waals surface area contributed by atoms with Crippen LogP contribution in [0.15, 0.2) is 0 Å². The summed E-state index contributed by atoms with van der Waals surface area (Å²) in [5.41, 5.74) is 0. The Bertz CT molecular complexity index is 200. The third kappa shape index (κ3) is 3.80. The van der Waals surface area contributed by atoms with E-state index in [0.29, 0.717) is 13.0 Å². The summed E-state index contributed by atoms with van der Waals surface area (Å²) in [7, 11) is 3.96. The van der Waals surface area contributed by atoms with Gasteiger partial charge in [-0.05, 0) is 33.9 Å². The van der Waals surface area contributed by atoms with Crippen molar-refractivity contribution < 1.29 is 14.3 Å². The maximum atomic E-state index is 11.4. The van der Waals surface area contributed by atoms with Gasteiger partial charge in [-0.3, -0.25) is 4.79 Å². The van der Waals surface area contributed by atoms with E-state index < -0.39 is 0 Å². The monoisotopic (exact) mass is 215 g/mol. The molecule has 88 valence electrons. The third-order valence-corrected chi connectivity index (χ3v) is 2.74. The summed E-state index contributed by atoms with van der Waals surface area (Å²) in [5.74, 6) is -0.133. The van der Waals surface area contributed by atoms with Crippen LogP contribution in [-0.4, -0.2) is 50.3 Å². The van der Waals surface area contributed by atoms with E-state index in [2.05, 4.69) is 0 Å². The molecular weight excluding hydrogens is 194 g/mol. The molecule has 1 heterocycles. The topological polar surface area (TPSA) is 38.8 Å². The van der Waals surface area contributed by atoms with Gasteiger partial charge in [0, 0.05) is 12.6 Å². The summed E-state index contributed by atoms with van der Waals surface area (Å²) in [6, 6.07) is 0.145. The molecule has 1 aliphatic heterocycles. The normalized spacial score (nSPS) is 23.1. The van der Waals surface area contributed by atoms with Crippen molar-refractivity contribution in [2.75, 3.05) is 27.3 Å². The number of esters is 1. The van der Waals surface area contributed by atoms with E-state index in [4.69, 9.17) is 9.47 Å². The van der Waals surface area contributed by atoms with E-state index in [1.54, 1.807) is 0 Å². The van der Waals surface area contributed by atoms with Crippen LogP contribution in [0.5, 0.6) is 0 Å². The minimum absolute atomic E-state index is 0.133. The fourth-order valence-corrected chi connectivity index (χ4v) is 1.94. The number of rotatable bonds is 5. The highest BCUT2D eigenvalue weighted by atomic mass is 16.5. The van der Waals surface area contributed by atoms with E-state index in [9.17, 15) is 4.79 Å². The van der Waals surface area contributed by atoms with Gasteiger partial charge in [0.2, 0.25) is 0 Å². The smallest absolute Gasteiger partial charge is 0.307 e. The van der Waals surface area contributed by atoms with Crippen molar-refractivity contribution in [2.24, 2.45) is 0 Å². The Kier molecular flexibility index (Phi) is 5.05. The number of carbonyl (C=O) groups excluding carboxylic acids is 1. The molecule has 0 radical (unpaired) electrons. The molecule has 0 N–H and O–H groups in total. The van der Waals surface area contributed by atoms with Crippen LogP contribution in [0.25, 0.3) is 0 Å². The highest BCUT2D eigenvalue weighted by Gasteiger charge is 2.29. The molecule has 0 aromatic carbocycles. The molecule has 0 bridgehead atoms. The van der Waals surface area contributed by atoms with Crippen molar-refractivity contribution in [1.82, 2.24) is 4.90 Å². The first-order valence-corrected chi connectivity index (χ1v) is 5.58. The lowest BCUT2D eigenvalue weighted by atomic mass is 10.0. The maximum absolute atomic E-state index is 11.4. The Morgan fingerprint density at radius 2 is 2.33 bits per heavy atom. The van der Waals surface area contributed by atoms with Gasteiger partial charge in [-0.2, -0.15) is 0 Å². The van der Waals surface area contributed by atoms with E-state index in [1.165, 1.54) is 0 Å². The number of nitrogens with zero attached hydrogens (tertiary/aromatic N) is 1. The van der Waals surface area contributed by atoms with Gasteiger partial charge in [-0.1, -0.05) is 0 Å². The fraction of sp³-hybridized carbons (Fsp3) is 0.909. The van der Waals surface area contributed by atoms with Crippen molar-refractivity contribution in [1.29, 1.82) is 0 Å². The Labute approximate surface area is 91.5 Å². The van der Waals surface area contributed by atoms with Crippen LogP contribution >= 0.6 is 0 Å². The van der Waals surface area contributed by atoms with Crippen molar-refractivity contribution in [2.45, 2.75) is 38.3 Å². The average molecular weight is 215 g/mol. The van der Waals surface area contributed by atoms with Gasteiger partial charge < -0.3 is 14.4 Å². The SMILES string of the molecule is CCOC(=O)CC(C1CCCO1)N(C)C. The zero-order valence-electron chi connectivity index (χ0n) is 9.86. The number of hydrogen-bond acceptors (Lipinski definition) is 4. The number of carbonyl (C=O) groups is 1. The molecule has 15 heavy (non-hydrogen) atoms. The fourth-order valence-electron chi connectivity index (χ4n) is 1.94. The predicted molar refractivity (Wildman–Crippen MR) is 57.7 cm³/mol. The standard InChI is InChI=1S/C11H21NO3/c1-4-14-11(13)8-9(12(2)3)10-6-5-7-15-10/h9-10H,4-8H2,1-3H3. The van der Waals surface area contributed by atoms with Gasteiger partial charge in [0.1, 0.15) is 0 Å². The van der Waals surface area contributed by atoms with Gasteiger partial charge in [0.05, 0.1) is 19.1 Å². The van der Waals surface area contributed by atoms with Gasteiger partial charge in [-0.15, -0.1) is 0 Å². The second-order valence-electron chi connectivity index (χ2n) is 4.09. The molecule has 0 aliphatic carbocycles. The van der Waals surface area contributed by atoms with Crippen LogP contribution in [0.4, 0.5) is 0 Å². The zero-order chi connectivity index (χ0) is 11.3. The van der Waals surface area contributed by atoms with E-state index in [-0.39, 0.29) is 18.1 Å². The summed E-state index contributed by atoms with van der Waals surface area (Å²) in [5, 5.41) is 0. The first-order valence-electron chi connectivity index (χ1n) is 5.58. The molecule has 2 atom stereocenters. The summed E-state index contributed by atoms with van der Waals surface area (Å²) in [4.78, 5) is 13.5.